The Kier molecular flexibility index (Phi) is 4.27. The van der Waals surface area contributed by atoms with Gasteiger partial charge >= 0.3 is 0 Å². The molecule has 5 nitrogen and oxygen atoms in total. The molecule has 0 atom stereocenters. The average molecular weight is 264 g/mol. The molecule has 104 valence electrons. The second-order valence-electron chi connectivity index (χ2n) is 4.83. The number of piperidine rings is 1. The van der Waals surface area contributed by atoms with Crippen LogP contribution in [0.25, 0.3) is 0 Å². The summed E-state index contributed by atoms with van der Waals surface area (Å²) >= 11 is 0. The number of carbonyl (C=O) groups excluding carboxylic acids is 1. The van der Waals surface area contributed by atoms with E-state index in [1.807, 2.05) is 0 Å². The number of rotatable bonds is 3. The van der Waals surface area contributed by atoms with Gasteiger partial charge in [0.2, 0.25) is 0 Å². The second-order valence-corrected chi connectivity index (χ2v) is 4.83. The van der Waals surface area contributed by atoms with Gasteiger partial charge < -0.3 is 20.4 Å². The predicted octanol–water partition coefficient (Wildman–Crippen LogP) is 1.31. The number of nitrogens with one attached hydrogen (secondary N) is 1. The lowest BCUT2D eigenvalue weighted by atomic mass is 10.0. The Morgan fingerprint density at radius 3 is 2.58 bits per heavy atom. The molecule has 0 saturated carbocycles. The lowest BCUT2D eigenvalue weighted by Gasteiger charge is -2.32. The van der Waals surface area contributed by atoms with E-state index in [0.29, 0.717) is 11.6 Å². The van der Waals surface area contributed by atoms with E-state index in [2.05, 4.69) is 12.2 Å². The summed E-state index contributed by atoms with van der Waals surface area (Å²) in [5, 5.41) is 22.1. The summed E-state index contributed by atoms with van der Waals surface area (Å²) in [5.74, 6) is -0.555. The van der Waals surface area contributed by atoms with Crippen molar-refractivity contribution in [3.8, 4) is 11.5 Å². The van der Waals surface area contributed by atoms with Crippen molar-refractivity contribution in [3.05, 3.63) is 23.8 Å². The number of benzene rings is 1. The van der Waals surface area contributed by atoms with E-state index in [1.54, 1.807) is 4.90 Å². The molecule has 2 rings (SSSR count). The number of phenolic OH excluding ortho intramolecular Hbond substituents is 2. The summed E-state index contributed by atoms with van der Waals surface area (Å²) < 4.78 is 0. The molecule has 1 aromatic rings. The highest BCUT2D eigenvalue weighted by Gasteiger charge is 2.23. The molecule has 0 unspecified atom stereocenters. The van der Waals surface area contributed by atoms with Crippen LogP contribution in [0.5, 0.6) is 11.5 Å². The number of likely N-dealkylation sites (tertiary alicyclic amines) is 1. The van der Waals surface area contributed by atoms with E-state index in [-0.39, 0.29) is 17.4 Å². The molecule has 0 aromatic heterocycles. The predicted molar refractivity (Wildman–Crippen MR) is 72.4 cm³/mol. The molecule has 1 fully saturated rings. The summed E-state index contributed by atoms with van der Waals surface area (Å²) in [5.41, 5.74) is 0.414. The van der Waals surface area contributed by atoms with Crippen LogP contribution in [-0.4, -0.2) is 46.7 Å². The van der Waals surface area contributed by atoms with Crippen LogP contribution >= 0.6 is 0 Å². The van der Waals surface area contributed by atoms with Gasteiger partial charge in [0.05, 0.1) is 0 Å². The van der Waals surface area contributed by atoms with Gasteiger partial charge in [-0.3, -0.25) is 4.79 Å². The van der Waals surface area contributed by atoms with Gasteiger partial charge in [0.15, 0.2) is 11.5 Å². The summed E-state index contributed by atoms with van der Waals surface area (Å²) in [6, 6.07) is 4.68. The second kappa shape index (κ2) is 5.93. The van der Waals surface area contributed by atoms with Gasteiger partial charge in [-0.05, 0) is 37.6 Å². The Morgan fingerprint density at radius 2 is 2.00 bits per heavy atom. The maximum absolute atomic E-state index is 12.2. The van der Waals surface area contributed by atoms with E-state index >= 15 is 0 Å². The minimum atomic E-state index is -0.256. The van der Waals surface area contributed by atoms with Crippen molar-refractivity contribution in [2.24, 2.45) is 0 Å². The van der Waals surface area contributed by atoms with Gasteiger partial charge in [-0.2, -0.15) is 0 Å². The monoisotopic (exact) mass is 264 g/mol. The van der Waals surface area contributed by atoms with Crippen molar-refractivity contribution in [2.45, 2.75) is 25.8 Å². The molecule has 1 heterocycles. The van der Waals surface area contributed by atoms with Crippen molar-refractivity contribution in [1.82, 2.24) is 10.2 Å². The molecule has 1 saturated heterocycles. The molecule has 1 aliphatic rings. The third kappa shape index (κ3) is 3.17. The van der Waals surface area contributed by atoms with Crippen LogP contribution in [0.15, 0.2) is 18.2 Å². The number of nitrogens with zero attached hydrogens (tertiary/aromatic N) is 1. The van der Waals surface area contributed by atoms with Crippen LogP contribution in [0.1, 0.15) is 30.1 Å². The quantitative estimate of drug-likeness (QED) is 0.720. The van der Waals surface area contributed by atoms with Crippen LogP contribution in [0.4, 0.5) is 0 Å². The Hall–Kier alpha value is -1.75. The fraction of sp³-hybridized carbons (Fsp3) is 0.500. The van der Waals surface area contributed by atoms with Crippen molar-refractivity contribution in [1.29, 1.82) is 0 Å². The number of carbonyl (C=O) groups is 1. The molecule has 1 aromatic carbocycles. The maximum Gasteiger partial charge on any atom is 0.253 e. The molecule has 0 bridgehead atoms. The van der Waals surface area contributed by atoms with Crippen LogP contribution in [0.2, 0.25) is 0 Å². The van der Waals surface area contributed by atoms with E-state index < -0.39 is 0 Å². The standard InChI is InChI=1S/C14H20N2O3/c1-2-15-11-5-7-16(8-6-11)14(19)10-3-4-12(17)13(18)9-10/h3-4,9,11,15,17-18H,2,5-8H2,1H3. The maximum atomic E-state index is 12.2. The number of phenols is 2. The Bertz CT molecular complexity index is 454. The van der Waals surface area contributed by atoms with Gasteiger partial charge in [0.1, 0.15) is 0 Å². The van der Waals surface area contributed by atoms with Gasteiger partial charge in [-0.25, -0.2) is 0 Å². The van der Waals surface area contributed by atoms with E-state index in [0.717, 1.165) is 32.5 Å². The molecule has 19 heavy (non-hydrogen) atoms. The first kappa shape index (κ1) is 13.7. The Labute approximate surface area is 112 Å². The van der Waals surface area contributed by atoms with Gasteiger partial charge in [0.25, 0.3) is 5.91 Å². The topological polar surface area (TPSA) is 72.8 Å². The highest BCUT2D eigenvalue weighted by atomic mass is 16.3. The van der Waals surface area contributed by atoms with Crippen molar-refractivity contribution >= 4 is 5.91 Å². The minimum Gasteiger partial charge on any atom is -0.504 e. The minimum absolute atomic E-state index is 0.0924. The van der Waals surface area contributed by atoms with Crippen molar-refractivity contribution in [2.75, 3.05) is 19.6 Å². The summed E-state index contributed by atoms with van der Waals surface area (Å²) in [6.07, 6.45) is 1.90. The molecular formula is C14H20N2O3. The van der Waals surface area contributed by atoms with Crippen LogP contribution in [0, 0.1) is 0 Å². The molecule has 1 amide bonds. The number of amides is 1. The third-order valence-electron chi connectivity index (χ3n) is 3.50. The van der Waals surface area contributed by atoms with E-state index in [4.69, 9.17) is 0 Å². The summed E-state index contributed by atoms with van der Waals surface area (Å²) in [7, 11) is 0. The SMILES string of the molecule is CCNC1CCN(C(=O)c2ccc(O)c(O)c2)CC1. The lowest BCUT2D eigenvalue weighted by molar-refractivity contribution is 0.0705. The molecular weight excluding hydrogens is 244 g/mol. The molecule has 0 aliphatic carbocycles. The van der Waals surface area contributed by atoms with Crippen LogP contribution < -0.4 is 5.32 Å². The highest BCUT2D eigenvalue weighted by molar-refractivity contribution is 5.95. The van der Waals surface area contributed by atoms with Crippen molar-refractivity contribution in [3.63, 3.8) is 0 Å². The molecule has 1 aliphatic heterocycles. The Balaban J connectivity index is 1.99. The number of hydrogen-bond acceptors (Lipinski definition) is 4. The first-order chi connectivity index (χ1) is 9.11. The Morgan fingerprint density at radius 1 is 1.32 bits per heavy atom. The molecule has 3 N–H and O–H groups in total. The van der Waals surface area contributed by atoms with E-state index in [1.165, 1.54) is 18.2 Å². The van der Waals surface area contributed by atoms with Crippen LogP contribution in [-0.2, 0) is 0 Å². The normalized spacial score (nSPS) is 16.6. The molecule has 0 radical (unpaired) electrons. The smallest absolute Gasteiger partial charge is 0.253 e. The van der Waals surface area contributed by atoms with Crippen LogP contribution in [0.3, 0.4) is 0 Å². The number of aromatic hydroxyl groups is 2. The fourth-order valence-corrected chi connectivity index (χ4v) is 2.41. The first-order valence-corrected chi connectivity index (χ1v) is 6.66. The lowest BCUT2D eigenvalue weighted by Crippen LogP contribution is -2.44. The van der Waals surface area contributed by atoms with Gasteiger partial charge in [-0.1, -0.05) is 6.92 Å². The molecule has 0 spiro atoms. The van der Waals surface area contributed by atoms with E-state index in [9.17, 15) is 15.0 Å². The number of hydrogen-bond donors (Lipinski definition) is 3. The third-order valence-corrected chi connectivity index (χ3v) is 3.50. The first-order valence-electron chi connectivity index (χ1n) is 6.66. The van der Waals surface area contributed by atoms with Gasteiger partial charge in [-0.15, -0.1) is 0 Å². The van der Waals surface area contributed by atoms with Crippen molar-refractivity contribution < 1.29 is 15.0 Å². The van der Waals surface area contributed by atoms with Gasteiger partial charge in [0, 0.05) is 24.7 Å². The zero-order chi connectivity index (χ0) is 13.8. The fourth-order valence-electron chi connectivity index (χ4n) is 2.41. The largest absolute Gasteiger partial charge is 0.504 e. The summed E-state index contributed by atoms with van der Waals surface area (Å²) in [6.45, 7) is 4.47. The summed E-state index contributed by atoms with van der Waals surface area (Å²) in [4.78, 5) is 14.0. The average Bonchev–Trinajstić information content (AvgIpc) is 2.42. The zero-order valence-electron chi connectivity index (χ0n) is 11.1. The zero-order valence-corrected chi connectivity index (χ0v) is 11.1. The molecule has 5 heteroatoms. The highest BCUT2D eigenvalue weighted by Crippen LogP contribution is 2.26.